The third-order valence-corrected chi connectivity index (χ3v) is 6.16. The zero-order valence-corrected chi connectivity index (χ0v) is 15.9. The Kier molecular flexibility index (Phi) is 8.62. The maximum Gasteiger partial charge on any atom is 0.282 e. The minimum Gasteiger partial charge on any atom is -0.375 e. The van der Waals surface area contributed by atoms with Crippen molar-refractivity contribution in [3.63, 3.8) is 0 Å². The van der Waals surface area contributed by atoms with E-state index in [1.54, 1.807) is 4.31 Å². The second-order valence-electron chi connectivity index (χ2n) is 5.99. The summed E-state index contributed by atoms with van der Waals surface area (Å²) in [6.45, 7) is 5.65. The molecule has 24 heavy (non-hydrogen) atoms. The summed E-state index contributed by atoms with van der Waals surface area (Å²) in [6.07, 6.45) is 0.587. The van der Waals surface area contributed by atoms with E-state index in [0.717, 1.165) is 5.56 Å². The van der Waals surface area contributed by atoms with E-state index in [-0.39, 0.29) is 24.6 Å². The summed E-state index contributed by atoms with van der Waals surface area (Å²) >= 11 is 0. The number of morpholine rings is 1. The second-order valence-corrected chi connectivity index (χ2v) is 7.87. The summed E-state index contributed by atoms with van der Waals surface area (Å²) in [5.74, 6) is 0. The lowest BCUT2D eigenvalue weighted by Crippen LogP contribution is -2.55. The molecule has 2 unspecified atom stereocenters. The highest BCUT2D eigenvalue weighted by Crippen LogP contribution is 2.19. The van der Waals surface area contributed by atoms with Crippen molar-refractivity contribution >= 4 is 22.6 Å². The van der Waals surface area contributed by atoms with Crippen LogP contribution in [0.2, 0.25) is 0 Å². The largest absolute Gasteiger partial charge is 0.375 e. The molecule has 2 rings (SSSR count). The molecule has 0 saturated carbocycles. The molecule has 0 spiro atoms. The molecule has 2 N–H and O–H groups in total. The van der Waals surface area contributed by atoms with Crippen molar-refractivity contribution < 1.29 is 13.2 Å². The van der Waals surface area contributed by atoms with Crippen LogP contribution in [0.25, 0.3) is 0 Å². The zero-order valence-electron chi connectivity index (χ0n) is 14.3. The Labute approximate surface area is 151 Å². The first-order chi connectivity index (χ1) is 10.9. The highest BCUT2D eigenvalue weighted by Gasteiger charge is 2.36. The minimum absolute atomic E-state index is 0. The van der Waals surface area contributed by atoms with Crippen LogP contribution < -0.4 is 5.73 Å². The molecule has 138 valence electrons. The molecule has 6 nitrogen and oxygen atoms in total. The zero-order chi connectivity index (χ0) is 16.9. The first-order valence-corrected chi connectivity index (χ1v) is 9.47. The number of rotatable bonds is 7. The average molecular weight is 378 g/mol. The van der Waals surface area contributed by atoms with Crippen molar-refractivity contribution in [1.29, 1.82) is 0 Å². The van der Waals surface area contributed by atoms with Gasteiger partial charge >= 0.3 is 0 Å². The van der Waals surface area contributed by atoms with Crippen LogP contribution >= 0.6 is 12.4 Å². The number of benzene rings is 1. The summed E-state index contributed by atoms with van der Waals surface area (Å²) in [7, 11) is -3.53. The van der Waals surface area contributed by atoms with Crippen LogP contribution in [0.15, 0.2) is 30.3 Å². The molecule has 1 aliphatic rings. The smallest absolute Gasteiger partial charge is 0.282 e. The van der Waals surface area contributed by atoms with E-state index in [1.807, 2.05) is 44.2 Å². The molecule has 2 atom stereocenters. The Morgan fingerprint density at radius 2 is 1.92 bits per heavy atom. The van der Waals surface area contributed by atoms with Gasteiger partial charge in [-0.2, -0.15) is 17.0 Å². The van der Waals surface area contributed by atoms with Crippen LogP contribution in [0.5, 0.6) is 0 Å². The molecule has 0 bridgehead atoms. The first kappa shape index (κ1) is 21.3. The minimum atomic E-state index is -3.53. The van der Waals surface area contributed by atoms with E-state index in [0.29, 0.717) is 39.2 Å². The van der Waals surface area contributed by atoms with E-state index in [1.165, 1.54) is 4.31 Å². The van der Waals surface area contributed by atoms with Gasteiger partial charge in [0.15, 0.2) is 0 Å². The van der Waals surface area contributed by atoms with Crippen molar-refractivity contribution in [1.82, 2.24) is 8.61 Å². The SMILES string of the molecule is CC1CN(S(=O)(=O)N(CCN)CCc2ccccc2)C(C)CO1.Cl. The van der Waals surface area contributed by atoms with Gasteiger partial charge < -0.3 is 10.5 Å². The molecular weight excluding hydrogens is 350 g/mol. The average Bonchev–Trinajstić information content (AvgIpc) is 2.54. The molecule has 1 heterocycles. The van der Waals surface area contributed by atoms with Gasteiger partial charge in [0, 0.05) is 32.2 Å². The van der Waals surface area contributed by atoms with Gasteiger partial charge in [-0.25, -0.2) is 0 Å². The Balaban J connectivity index is 0.00000288. The summed E-state index contributed by atoms with van der Waals surface area (Å²) in [5.41, 5.74) is 6.76. The number of hydrogen-bond acceptors (Lipinski definition) is 4. The van der Waals surface area contributed by atoms with E-state index in [9.17, 15) is 8.42 Å². The summed E-state index contributed by atoms with van der Waals surface area (Å²) in [4.78, 5) is 0. The molecule has 0 amide bonds. The predicted octanol–water partition coefficient (Wildman–Crippen LogP) is 1.27. The van der Waals surface area contributed by atoms with Gasteiger partial charge in [0.05, 0.1) is 12.7 Å². The Morgan fingerprint density at radius 1 is 1.25 bits per heavy atom. The van der Waals surface area contributed by atoms with Crippen molar-refractivity contribution in [3.05, 3.63) is 35.9 Å². The van der Waals surface area contributed by atoms with Crippen LogP contribution in [-0.2, 0) is 21.4 Å². The van der Waals surface area contributed by atoms with Gasteiger partial charge in [0.2, 0.25) is 0 Å². The van der Waals surface area contributed by atoms with Gasteiger partial charge in [-0.05, 0) is 25.8 Å². The Morgan fingerprint density at radius 3 is 2.54 bits per heavy atom. The topological polar surface area (TPSA) is 75.9 Å². The number of nitrogens with two attached hydrogens (primary N) is 1. The normalized spacial score (nSPS) is 22.3. The number of hydrogen-bond donors (Lipinski definition) is 1. The highest BCUT2D eigenvalue weighted by atomic mass is 35.5. The molecule has 0 aliphatic carbocycles. The highest BCUT2D eigenvalue weighted by molar-refractivity contribution is 7.86. The van der Waals surface area contributed by atoms with Crippen LogP contribution in [0.1, 0.15) is 19.4 Å². The van der Waals surface area contributed by atoms with Crippen molar-refractivity contribution in [2.24, 2.45) is 5.73 Å². The van der Waals surface area contributed by atoms with E-state index in [2.05, 4.69) is 0 Å². The summed E-state index contributed by atoms with van der Waals surface area (Å²) in [6, 6.07) is 9.73. The fourth-order valence-electron chi connectivity index (χ4n) is 2.73. The molecule has 1 aliphatic heterocycles. The van der Waals surface area contributed by atoms with Gasteiger partial charge in [-0.15, -0.1) is 12.4 Å². The lowest BCUT2D eigenvalue weighted by atomic mass is 10.1. The van der Waals surface area contributed by atoms with Crippen LogP contribution in [0, 0.1) is 0 Å². The van der Waals surface area contributed by atoms with E-state index in [4.69, 9.17) is 10.5 Å². The maximum absolute atomic E-state index is 13.0. The number of halogens is 1. The van der Waals surface area contributed by atoms with Crippen LogP contribution in [0.4, 0.5) is 0 Å². The predicted molar refractivity (Wildman–Crippen MR) is 98.5 cm³/mol. The molecule has 1 saturated heterocycles. The second kappa shape index (κ2) is 9.70. The van der Waals surface area contributed by atoms with E-state index < -0.39 is 10.2 Å². The van der Waals surface area contributed by atoms with Gasteiger partial charge in [0.25, 0.3) is 10.2 Å². The molecule has 8 heteroatoms. The summed E-state index contributed by atoms with van der Waals surface area (Å²) < 4.78 is 34.6. The molecule has 1 fully saturated rings. The summed E-state index contributed by atoms with van der Waals surface area (Å²) in [5, 5.41) is 0. The van der Waals surface area contributed by atoms with Gasteiger partial charge in [0.1, 0.15) is 0 Å². The quantitative estimate of drug-likeness (QED) is 0.776. The lowest BCUT2D eigenvalue weighted by Gasteiger charge is -2.38. The lowest BCUT2D eigenvalue weighted by molar-refractivity contribution is -0.0190. The fraction of sp³-hybridized carbons (Fsp3) is 0.625. The van der Waals surface area contributed by atoms with Crippen molar-refractivity contribution in [3.8, 4) is 0 Å². The van der Waals surface area contributed by atoms with Crippen molar-refractivity contribution in [2.75, 3.05) is 32.8 Å². The van der Waals surface area contributed by atoms with Crippen LogP contribution in [0.3, 0.4) is 0 Å². The van der Waals surface area contributed by atoms with E-state index >= 15 is 0 Å². The molecule has 0 radical (unpaired) electrons. The maximum atomic E-state index is 13.0. The first-order valence-electron chi connectivity index (χ1n) is 8.07. The fourth-order valence-corrected chi connectivity index (χ4v) is 4.60. The number of nitrogens with zero attached hydrogens (tertiary/aromatic N) is 2. The Bertz CT molecular complexity index is 585. The van der Waals surface area contributed by atoms with Gasteiger partial charge in [-0.1, -0.05) is 30.3 Å². The monoisotopic (exact) mass is 377 g/mol. The van der Waals surface area contributed by atoms with Crippen LogP contribution in [-0.4, -0.2) is 62.0 Å². The van der Waals surface area contributed by atoms with Gasteiger partial charge in [-0.3, -0.25) is 0 Å². The Hall–Kier alpha value is -0.700. The molecule has 0 aromatic heterocycles. The molecular formula is C16H28ClN3O3S. The molecule has 1 aromatic rings. The standard InChI is InChI=1S/C16H27N3O3S.ClH/c1-14-13-22-15(2)12-19(14)23(20,21)18(11-9-17)10-8-16-6-4-3-5-7-16;/h3-7,14-15H,8-13,17H2,1-2H3;1H. The third-order valence-electron chi connectivity index (χ3n) is 4.04. The third kappa shape index (κ3) is 5.40. The number of ether oxygens (including phenoxy) is 1. The van der Waals surface area contributed by atoms with Crippen molar-refractivity contribution in [2.45, 2.75) is 32.4 Å². The molecule has 1 aromatic carbocycles.